The molecule has 0 N–H and O–H groups in total. The molecule has 0 aromatic heterocycles. The van der Waals surface area contributed by atoms with Crippen molar-refractivity contribution in [3.05, 3.63) is 11.6 Å². The van der Waals surface area contributed by atoms with E-state index in [1.165, 1.54) is 24.8 Å². The summed E-state index contributed by atoms with van der Waals surface area (Å²) in [4.78, 5) is 34.6. The van der Waals surface area contributed by atoms with E-state index in [1.54, 1.807) is 0 Å². The fourth-order valence-electron chi connectivity index (χ4n) is 7.28. The number of carbonyl (C=O) groups is 3. The standard InChI is InChI=1S/C19H26O2.C6H10O/c1-18-9-7-13(20)11-12(18)3-4-14-15-5-6-17(21)19(15,2)10-8-16(14)18;7-6-4-2-1-3-5-6/h11,14-16H,3-10H2,1-2H3;1-5H2/t14-,15-,16-,18-,19-;/m0./s1. The summed E-state index contributed by atoms with van der Waals surface area (Å²) in [6, 6.07) is 0. The normalized spacial score (nSPS) is 42.6. The van der Waals surface area contributed by atoms with Crippen LogP contribution in [0, 0.1) is 28.6 Å². The van der Waals surface area contributed by atoms with Crippen LogP contribution in [0.4, 0.5) is 0 Å². The predicted octanol–water partition coefficient (Wildman–Crippen LogP) is 5.61. The molecular formula is C25H36O3. The van der Waals surface area contributed by atoms with Gasteiger partial charge in [-0.2, -0.15) is 0 Å². The Kier molecular flexibility index (Phi) is 5.39. The molecule has 0 aromatic rings. The lowest BCUT2D eigenvalue weighted by molar-refractivity contribution is -0.132. The van der Waals surface area contributed by atoms with Gasteiger partial charge in [-0.25, -0.2) is 0 Å². The third-order valence-corrected chi connectivity index (χ3v) is 9.08. The van der Waals surface area contributed by atoms with Gasteiger partial charge in [0.25, 0.3) is 0 Å². The lowest BCUT2D eigenvalue weighted by Gasteiger charge is -2.56. The minimum absolute atomic E-state index is 0.0246. The second kappa shape index (κ2) is 7.54. The molecule has 0 spiro atoms. The Morgan fingerprint density at radius 1 is 0.750 bits per heavy atom. The lowest BCUT2D eigenvalue weighted by Crippen LogP contribution is -2.50. The molecule has 3 nitrogen and oxygen atoms in total. The first kappa shape index (κ1) is 20.0. The predicted molar refractivity (Wildman–Crippen MR) is 110 cm³/mol. The smallest absolute Gasteiger partial charge is 0.155 e. The van der Waals surface area contributed by atoms with Crippen LogP contribution >= 0.6 is 0 Å². The van der Waals surface area contributed by atoms with Crippen molar-refractivity contribution in [1.29, 1.82) is 0 Å². The Hall–Kier alpha value is -1.25. The van der Waals surface area contributed by atoms with E-state index in [1.807, 2.05) is 6.08 Å². The maximum Gasteiger partial charge on any atom is 0.155 e. The van der Waals surface area contributed by atoms with Crippen molar-refractivity contribution in [3.63, 3.8) is 0 Å². The van der Waals surface area contributed by atoms with Crippen molar-refractivity contribution >= 4 is 17.3 Å². The topological polar surface area (TPSA) is 51.2 Å². The first-order valence-electron chi connectivity index (χ1n) is 11.6. The summed E-state index contributed by atoms with van der Waals surface area (Å²) in [6.07, 6.45) is 15.4. The molecule has 0 bridgehead atoms. The van der Waals surface area contributed by atoms with E-state index in [0.717, 1.165) is 64.2 Å². The van der Waals surface area contributed by atoms with E-state index in [9.17, 15) is 14.4 Å². The van der Waals surface area contributed by atoms with E-state index in [2.05, 4.69) is 13.8 Å². The molecule has 0 aliphatic heterocycles. The average Bonchev–Trinajstić information content (AvgIpc) is 2.98. The molecule has 3 heteroatoms. The van der Waals surface area contributed by atoms with Crippen LogP contribution in [0.5, 0.6) is 0 Å². The Morgan fingerprint density at radius 3 is 2.14 bits per heavy atom. The average molecular weight is 385 g/mol. The second-order valence-electron chi connectivity index (χ2n) is 10.5. The van der Waals surface area contributed by atoms with Gasteiger partial charge in [0.1, 0.15) is 11.6 Å². The third-order valence-electron chi connectivity index (χ3n) is 9.08. The minimum atomic E-state index is -0.0246. The molecule has 0 aromatic carbocycles. The van der Waals surface area contributed by atoms with Crippen LogP contribution in [0.2, 0.25) is 0 Å². The number of carbonyl (C=O) groups excluding carboxylic acids is 3. The van der Waals surface area contributed by atoms with Crippen LogP contribution in [0.15, 0.2) is 11.6 Å². The first-order valence-corrected chi connectivity index (χ1v) is 11.6. The summed E-state index contributed by atoms with van der Waals surface area (Å²) in [7, 11) is 0. The minimum Gasteiger partial charge on any atom is -0.300 e. The van der Waals surface area contributed by atoms with Gasteiger partial charge in [-0.15, -0.1) is 0 Å². The van der Waals surface area contributed by atoms with Gasteiger partial charge in [-0.3, -0.25) is 14.4 Å². The van der Waals surface area contributed by atoms with Crippen molar-refractivity contribution in [2.75, 3.05) is 0 Å². The van der Waals surface area contributed by atoms with Gasteiger partial charge in [0.15, 0.2) is 5.78 Å². The fraction of sp³-hybridized carbons (Fsp3) is 0.800. The van der Waals surface area contributed by atoms with Gasteiger partial charge in [-0.1, -0.05) is 25.8 Å². The highest BCUT2D eigenvalue weighted by atomic mass is 16.1. The van der Waals surface area contributed by atoms with Crippen LogP contribution in [0.1, 0.15) is 97.3 Å². The number of allylic oxidation sites excluding steroid dienone is 1. The summed E-state index contributed by atoms with van der Waals surface area (Å²) in [5, 5.41) is 0. The van der Waals surface area contributed by atoms with Gasteiger partial charge in [0, 0.05) is 31.1 Å². The molecule has 5 aliphatic rings. The number of rotatable bonds is 0. The molecule has 0 saturated heterocycles. The number of Topliss-reactive ketones (excluding diaryl/α,β-unsaturated/α-hetero) is 2. The van der Waals surface area contributed by atoms with Crippen LogP contribution in [0.25, 0.3) is 0 Å². The van der Waals surface area contributed by atoms with Crippen molar-refractivity contribution < 1.29 is 14.4 Å². The molecule has 154 valence electrons. The Morgan fingerprint density at radius 2 is 1.46 bits per heavy atom. The summed E-state index contributed by atoms with van der Waals surface area (Å²) in [5.74, 6) is 3.35. The number of hydrogen-bond acceptors (Lipinski definition) is 3. The molecule has 0 heterocycles. The fourth-order valence-corrected chi connectivity index (χ4v) is 7.28. The molecule has 0 unspecified atom stereocenters. The van der Waals surface area contributed by atoms with E-state index in [-0.39, 0.29) is 10.8 Å². The monoisotopic (exact) mass is 384 g/mol. The van der Waals surface area contributed by atoms with E-state index in [4.69, 9.17) is 0 Å². The number of hydrogen-bond donors (Lipinski definition) is 0. The summed E-state index contributed by atoms with van der Waals surface area (Å²) in [6.45, 7) is 4.64. The molecule has 0 radical (unpaired) electrons. The van der Waals surface area contributed by atoms with Gasteiger partial charge in [0.2, 0.25) is 0 Å². The van der Waals surface area contributed by atoms with Crippen LogP contribution < -0.4 is 0 Å². The van der Waals surface area contributed by atoms with Crippen molar-refractivity contribution in [1.82, 2.24) is 0 Å². The number of ketones is 3. The van der Waals surface area contributed by atoms with E-state index in [0.29, 0.717) is 35.1 Å². The Bertz CT molecular complexity index is 697. The highest BCUT2D eigenvalue weighted by molar-refractivity contribution is 5.91. The van der Waals surface area contributed by atoms with E-state index < -0.39 is 0 Å². The first-order chi connectivity index (χ1) is 13.3. The van der Waals surface area contributed by atoms with Crippen molar-refractivity contribution in [2.45, 2.75) is 97.3 Å². The highest BCUT2D eigenvalue weighted by Crippen LogP contribution is 2.64. The largest absolute Gasteiger partial charge is 0.300 e. The SMILES string of the molecule is C[C@]12CCC(=O)C=C1CC[C@@H]1[C@@H]2CC[C@]2(C)C(=O)CC[C@@H]12.O=C1CCCCC1. The molecule has 0 amide bonds. The molecule has 5 aliphatic carbocycles. The zero-order valence-electron chi connectivity index (χ0n) is 17.7. The Labute approximate surface area is 169 Å². The molecular weight excluding hydrogens is 348 g/mol. The third kappa shape index (κ3) is 3.33. The Balaban J connectivity index is 0.000000233. The molecule has 4 saturated carbocycles. The van der Waals surface area contributed by atoms with Gasteiger partial charge in [-0.05, 0) is 80.6 Å². The summed E-state index contributed by atoms with van der Waals surface area (Å²) < 4.78 is 0. The summed E-state index contributed by atoms with van der Waals surface area (Å²) >= 11 is 0. The van der Waals surface area contributed by atoms with E-state index >= 15 is 0 Å². The highest BCUT2D eigenvalue weighted by Gasteiger charge is 2.58. The maximum atomic E-state index is 12.4. The number of fused-ring (bicyclic) bond motifs is 5. The van der Waals surface area contributed by atoms with Crippen molar-refractivity contribution in [3.8, 4) is 0 Å². The second-order valence-corrected chi connectivity index (χ2v) is 10.5. The molecule has 28 heavy (non-hydrogen) atoms. The van der Waals surface area contributed by atoms with Crippen LogP contribution in [-0.2, 0) is 14.4 Å². The zero-order valence-corrected chi connectivity index (χ0v) is 17.7. The van der Waals surface area contributed by atoms with Crippen molar-refractivity contribution in [2.24, 2.45) is 28.6 Å². The quantitative estimate of drug-likeness (QED) is 0.546. The maximum absolute atomic E-state index is 12.4. The van der Waals surface area contributed by atoms with Gasteiger partial charge in [0.05, 0.1) is 0 Å². The van der Waals surface area contributed by atoms with Crippen LogP contribution in [-0.4, -0.2) is 17.3 Å². The van der Waals surface area contributed by atoms with Crippen LogP contribution in [0.3, 0.4) is 0 Å². The molecule has 5 rings (SSSR count). The van der Waals surface area contributed by atoms with Gasteiger partial charge >= 0.3 is 0 Å². The molecule has 4 fully saturated rings. The molecule has 5 atom stereocenters. The zero-order chi connectivity index (χ0) is 19.9. The lowest BCUT2D eigenvalue weighted by atomic mass is 9.47. The van der Waals surface area contributed by atoms with Gasteiger partial charge < -0.3 is 0 Å². The summed E-state index contributed by atoms with van der Waals surface area (Å²) in [5.41, 5.74) is 1.64.